The van der Waals surface area contributed by atoms with E-state index in [-0.39, 0.29) is 22.6 Å². The van der Waals surface area contributed by atoms with Crippen LogP contribution in [-0.4, -0.2) is 42.1 Å². The number of allylic oxidation sites excluding steroid dienone is 2. The van der Waals surface area contributed by atoms with Gasteiger partial charge in [0.1, 0.15) is 0 Å². The molecule has 0 aliphatic heterocycles. The minimum Gasteiger partial charge on any atom is -0.504 e. The average molecular weight is 531 g/mol. The van der Waals surface area contributed by atoms with Crippen molar-refractivity contribution in [2.75, 3.05) is 20.6 Å². The first kappa shape index (κ1) is 26.3. The van der Waals surface area contributed by atoms with Gasteiger partial charge in [0.25, 0.3) is 0 Å². The van der Waals surface area contributed by atoms with Gasteiger partial charge in [0.15, 0.2) is 17.3 Å². The Balaban J connectivity index is 1.62. The number of Topliss-reactive ketones (excluding diaryl/α,β-unsaturated/α-hetero) is 1. The third-order valence-corrected chi connectivity index (χ3v) is 7.65. The van der Waals surface area contributed by atoms with Gasteiger partial charge in [-0.05, 0) is 98.3 Å². The highest BCUT2D eigenvalue weighted by molar-refractivity contribution is 6.32. The van der Waals surface area contributed by atoms with E-state index in [1.165, 1.54) is 11.6 Å². The van der Waals surface area contributed by atoms with Gasteiger partial charge in [-0.3, -0.25) is 4.79 Å². The number of carbonyl (C=O) groups is 1. The number of hydrogen-bond acceptors (Lipinski definition) is 4. The monoisotopic (exact) mass is 530 g/mol. The molecule has 3 aromatic carbocycles. The molecule has 0 radical (unpaired) electrons. The summed E-state index contributed by atoms with van der Waals surface area (Å²) in [6.07, 6.45) is 5.56. The average Bonchev–Trinajstić information content (AvgIpc) is 3.76. The molecule has 0 amide bonds. The zero-order chi connectivity index (χ0) is 27.0. The molecule has 0 heterocycles. The van der Waals surface area contributed by atoms with Gasteiger partial charge in [-0.15, -0.1) is 0 Å². The topological polar surface area (TPSA) is 52.9 Å². The van der Waals surface area contributed by atoms with E-state index in [9.17, 15) is 14.3 Å². The Labute approximate surface area is 228 Å². The molecule has 2 aliphatic carbocycles. The summed E-state index contributed by atoms with van der Waals surface area (Å²) in [5.41, 5.74) is 6.60. The fourth-order valence-electron chi connectivity index (χ4n) is 4.89. The van der Waals surface area contributed by atoms with Crippen molar-refractivity contribution in [3.05, 3.63) is 93.8 Å². The number of benzene rings is 3. The normalized spacial score (nSPS) is 18.3. The highest BCUT2D eigenvalue weighted by atomic mass is 35.5. The van der Waals surface area contributed by atoms with Crippen LogP contribution in [0.25, 0.3) is 11.1 Å². The van der Waals surface area contributed by atoms with Crippen LogP contribution in [0.2, 0.25) is 5.02 Å². The minimum atomic E-state index is -0.774. The smallest absolute Gasteiger partial charge is 0.170 e. The Morgan fingerprint density at radius 1 is 1.08 bits per heavy atom. The van der Waals surface area contributed by atoms with Crippen LogP contribution in [0.1, 0.15) is 48.8 Å². The molecule has 1 saturated carbocycles. The van der Waals surface area contributed by atoms with Crippen LogP contribution in [0.15, 0.2) is 71.2 Å². The van der Waals surface area contributed by atoms with Crippen LogP contribution in [0, 0.1) is 11.7 Å². The maximum atomic E-state index is 14.3. The highest BCUT2D eigenvalue weighted by Gasteiger charge is 2.35. The molecular formula is C32H32ClFN2O2. The molecule has 0 spiro atoms. The summed E-state index contributed by atoms with van der Waals surface area (Å²) in [4.78, 5) is 20.7. The van der Waals surface area contributed by atoms with E-state index in [0.29, 0.717) is 16.8 Å². The lowest BCUT2D eigenvalue weighted by Gasteiger charge is -2.17. The second-order valence-corrected chi connectivity index (χ2v) is 11.1. The molecule has 196 valence electrons. The maximum absolute atomic E-state index is 14.3. The second-order valence-electron chi connectivity index (χ2n) is 10.7. The van der Waals surface area contributed by atoms with Gasteiger partial charge in [-0.2, -0.15) is 0 Å². The molecule has 0 aromatic heterocycles. The Kier molecular flexibility index (Phi) is 7.51. The van der Waals surface area contributed by atoms with E-state index in [0.717, 1.165) is 54.6 Å². The number of aliphatic imine (C=N–C) groups is 1. The quantitative estimate of drug-likeness (QED) is 0.344. The first-order chi connectivity index (χ1) is 18.2. The van der Waals surface area contributed by atoms with E-state index in [1.54, 1.807) is 6.07 Å². The molecule has 6 heteroatoms. The molecule has 38 heavy (non-hydrogen) atoms. The molecule has 1 unspecified atom stereocenters. The lowest BCUT2D eigenvalue weighted by atomic mass is 9.89. The number of nitrogens with zero attached hydrogens (tertiary/aromatic N) is 2. The van der Waals surface area contributed by atoms with Crippen molar-refractivity contribution in [1.82, 2.24) is 4.90 Å². The van der Waals surface area contributed by atoms with Crippen molar-refractivity contribution in [3.63, 3.8) is 0 Å². The number of phenols is 1. The van der Waals surface area contributed by atoms with Crippen LogP contribution < -0.4 is 0 Å². The van der Waals surface area contributed by atoms with Gasteiger partial charge < -0.3 is 10.0 Å². The van der Waals surface area contributed by atoms with Gasteiger partial charge in [-0.1, -0.05) is 48.9 Å². The number of rotatable bonds is 7. The van der Waals surface area contributed by atoms with Crippen LogP contribution in [0.5, 0.6) is 5.75 Å². The summed E-state index contributed by atoms with van der Waals surface area (Å²) >= 11 is 6.09. The predicted molar refractivity (Wildman–Crippen MR) is 152 cm³/mol. The van der Waals surface area contributed by atoms with Gasteiger partial charge in [0, 0.05) is 23.6 Å². The van der Waals surface area contributed by atoms with E-state index in [1.807, 2.05) is 36.4 Å². The fraction of sp³-hybridized carbons (Fsp3) is 0.312. The van der Waals surface area contributed by atoms with Crippen molar-refractivity contribution in [1.29, 1.82) is 0 Å². The van der Waals surface area contributed by atoms with E-state index in [2.05, 4.69) is 38.1 Å². The summed E-state index contributed by atoms with van der Waals surface area (Å²) in [5, 5.41) is 9.76. The predicted octanol–water partition coefficient (Wildman–Crippen LogP) is 7.49. The van der Waals surface area contributed by atoms with Crippen molar-refractivity contribution in [2.45, 2.75) is 38.5 Å². The van der Waals surface area contributed by atoms with Crippen molar-refractivity contribution < 1.29 is 14.3 Å². The number of halogens is 2. The molecule has 1 N–H and O–H groups in total. The zero-order valence-electron chi connectivity index (χ0n) is 22.0. The minimum absolute atomic E-state index is 0.0453. The van der Waals surface area contributed by atoms with Gasteiger partial charge in [0.05, 0.1) is 16.4 Å². The summed E-state index contributed by atoms with van der Waals surface area (Å²) in [7, 11) is 4.12. The molecule has 3 aromatic rings. The summed E-state index contributed by atoms with van der Waals surface area (Å²) in [5.74, 6) is -0.943. The molecule has 2 aliphatic rings. The highest BCUT2D eigenvalue weighted by Crippen LogP contribution is 2.40. The molecular weight excluding hydrogens is 499 g/mol. The number of hydrogen-bond donors (Lipinski definition) is 1. The Hall–Kier alpha value is -3.28. The number of fused-ring (bicyclic) bond motifs is 1. The number of phenolic OH excluding ortho intramolecular Hbond substituents is 1. The fourth-order valence-corrected chi connectivity index (χ4v) is 5.10. The number of likely N-dealkylation sites (N-methyl/N-ethyl adjacent to an activating group) is 1. The van der Waals surface area contributed by atoms with Crippen LogP contribution in [0.4, 0.5) is 10.1 Å². The van der Waals surface area contributed by atoms with Gasteiger partial charge >= 0.3 is 0 Å². The number of ketones is 1. The Morgan fingerprint density at radius 3 is 2.47 bits per heavy atom. The second kappa shape index (κ2) is 10.8. The third-order valence-electron chi connectivity index (χ3n) is 7.36. The standard InChI is InChI=1S/C32H32ClFN2O2/c1-19-4-12-26(31(37)21-7-8-21)30(35-24-10-5-20(6-11-24)14-15-36(2)3)27-16-22(9-13-25(19)27)23-17-28(33)32(38)29(34)18-23/h5-6,9-13,16-19,21,38H,4,7-8,14-15H2,1-3H3. The van der Waals surface area contributed by atoms with Crippen molar-refractivity contribution >= 4 is 28.8 Å². The van der Waals surface area contributed by atoms with E-state index < -0.39 is 11.6 Å². The largest absolute Gasteiger partial charge is 0.504 e. The Morgan fingerprint density at radius 2 is 1.82 bits per heavy atom. The lowest BCUT2D eigenvalue weighted by molar-refractivity contribution is -0.116. The van der Waals surface area contributed by atoms with Gasteiger partial charge in [0.2, 0.25) is 0 Å². The summed E-state index contributed by atoms with van der Waals surface area (Å²) in [6, 6.07) is 17.0. The molecule has 1 fully saturated rings. The molecule has 1 atom stereocenters. The number of aromatic hydroxyl groups is 1. The summed E-state index contributed by atoms with van der Waals surface area (Å²) in [6.45, 7) is 3.11. The Bertz CT molecular complexity index is 1420. The van der Waals surface area contributed by atoms with E-state index in [4.69, 9.17) is 16.6 Å². The SMILES string of the molecule is CC1CC=C(C(=O)C2CC2)C(=Nc2ccc(CCN(C)C)cc2)c2cc(-c3cc(F)c(O)c(Cl)c3)ccc21. The lowest BCUT2D eigenvalue weighted by Crippen LogP contribution is -2.16. The van der Waals surface area contributed by atoms with Gasteiger partial charge in [-0.25, -0.2) is 9.38 Å². The molecule has 4 nitrogen and oxygen atoms in total. The number of carbonyl (C=O) groups excluding carboxylic acids is 1. The van der Waals surface area contributed by atoms with E-state index >= 15 is 0 Å². The van der Waals surface area contributed by atoms with Crippen molar-refractivity contribution in [3.8, 4) is 16.9 Å². The molecule has 0 saturated heterocycles. The summed E-state index contributed by atoms with van der Waals surface area (Å²) < 4.78 is 14.3. The third kappa shape index (κ3) is 5.59. The molecule has 5 rings (SSSR count). The molecule has 0 bridgehead atoms. The first-order valence-corrected chi connectivity index (χ1v) is 13.5. The van der Waals surface area contributed by atoms with Crippen LogP contribution in [-0.2, 0) is 11.2 Å². The maximum Gasteiger partial charge on any atom is 0.170 e. The van der Waals surface area contributed by atoms with Crippen LogP contribution >= 0.6 is 11.6 Å². The zero-order valence-corrected chi connectivity index (χ0v) is 22.7. The first-order valence-electron chi connectivity index (χ1n) is 13.1. The van der Waals surface area contributed by atoms with Crippen LogP contribution in [0.3, 0.4) is 0 Å². The van der Waals surface area contributed by atoms with Crippen molar-refractivity contribution in [2.24, 2.45) is 10.9 Å².